The van der Waals surface area contributed by atoms with Gasteiger partial charge in [-0.25, -0.2) is 0 Å². The number of ether oxygens (including phenoxy) is 2. The molecule has 1 N–H and O–H groups in total. The highest BCUT2D eigenvalue weighted by Gasteiger charge is 2.16. The van der Waals surface area contributed by atoms with Gasteiger partial charge in [0.15, 0.2) is 6.10 Å². The second-order valence-electron chi connectivity index (χ2n) is 17.9. The maximum atomic E-state index is 12.2. The zero-order valence-electron chi connectivity index (χ0n) is 42.9. The van der Waals surface area contributed by atoms with E-state index in [-0.39, 0.29) is 31.6 Å². The van der Waals surface area contributed by atoms with Gasteiger partial charge in [-0.3, -0.25) is 9.59 Å². The lowest BCUT2D eigenvalue weighted by molar-refractivity contribution is -0.161. The summed E-state index contributed by atoms with van der Waals surface area (Å²) in [4.78, 5) is 24.4. The van der Waals surface area contributed by atoms with E-state index in [0.717, 1.165) is 83.5 Å². The van der Waals surface area contributed by atoms with Crippen molar-refractivity contribution in [2.45, 2.75) is 251 Å². The average molecular weight is 915 g/mol. The molecule has 0 spiro atoms. The van der Waals surface area contributed by atoms with Crippen LogP contribution in [-0.4, -0.2) is 36.4 Å². The first-order chi connectivity index (χ1) is 32.6. The molecule has 376 valence electrons. The molecular formula is C61H102O5. The molecule has 0 radical (unpaired) electrons. The minimum atomic E-state index is -0.806. The maximum absolute atomic E-state index is 12.2. The van der Waals surface area contributed by atoms with Crippen LogP contribution in [0.4, 0.5) is 0 Å². The molecule has 1 unspecified atom stereocenters. The van der Waals surface area contributed by atoms with Gasteiger partial charge in [-0.05, 0) is 89.9 Å². The maximum Gasteiger partial charge on any atom is 0.306 e. The van der Waals surface area contributed by atoms with Crippen LogP contribution >= 0.6 is 0 Å². The molecular weight excluding hydrogens is 813 g/mol. The van der Waals surface area contributed by atoms with Crippen LogP contribution in [-0.2, 0) is 19.1 Å². The summed E-state index contributed by atoms with van der Waals surface area (Å²) in [6.07, 6.45) is 80.8. The SMILES string of the molecule is CC/C=C\C/C=C\C/C=C\C/C=C\C/C=C\CCCC(=O)OC(CO)COC(=O)CCCCCCCCCCCCCCCCCCCCCCCC/C=C\C/C=C\C/C=C\C/C=C\CC. The molecule has 5 heteroatoms. The van der Waals surface area contributed by atoms with Gasteiger partial charge in [0.25, 0.3) is 0 Å². The molecule has 5 nitrogen and oxygen atoms in total. The molecule has 0 fully saturated rings. The van der Waals surface area contributed by atoms with Crippen LogP contribution < -0.4 is 0 Å². The van der Waals surface area contributed by atoms with Crippen LogP contribution in [0.15, 0.2) is 109 Å². The van der Waals surface area contributed by atoms with Crippen molar-refractivity contribution in [2.75, 3.05) is 13.2 Å². The summed E-state index contributed by atoms with van der Waals surface area (Å²) in [6, 6.07) is 0. The van der Waals surface area contributed by atoms with Gasteiger partial charge in [-0.15, -0.1) is 0 Å². The van der Waals surface area contributed by atoms with Gasteiger partial charge in [0.1, 0.15) is 6.61 Å². The lowest BCUT2D eigenvalue weighted by Crippen LogP contribution is -2.28. The van der Waals surface area contributed by atoms with Gasteiger partial charge in [0.2, 0.25) is 0 Å². The second kappa shape index (κ2) is 55.9. The minimum Gasteiger partial charge on any atom is -0.462 e. The lowest BCUT2D eigenvalue weighted by Gasteiger charge is -2.15. The van der Waals surface area contributed by atoms with Crippen molar-refractivity contribution in [3.8, 4) is 0 Å². The number of rotatable bonds is 49. The largest absolute Gasteiger partial charge is 0.462 e. The molecule has 0 aliphatic carbocycles. The van der Waals surface area contributed by atoms with E-state index in [0.29, 0.717) is 12.8 Å². The normalized spacial score (nSPS) is 13.1. The number of unbranched alkanes of at least 4 members (excludes halogenated alkanes) is 23. The van der Waals surface area contributed by atoms with Gasteiger partial charge < -0.3 is 14.6 Å². The van der Waals surface area contributed by atoms with Gasteiger partial charge in [-0.2, -0.15) is 0 Å². The smallest absolute Gasteiger partial charge is 0.306 e. The van der Waals surface area contributed by atoms with Crippen molar-refractivity contribution in [2.24, 2.45) is 0 Å². The van der Waals surface area contributed by atoms with Crippen LogP contribution in [0.3, 0.4) is 0 Å². The van der Waals surface area contributed by atoms with E-state index in [2.05, 4.69) is 123 Å². The third-order valence-electron chi connectivity index (χ3n) is 11.6. The number of aliphatic hydroxyl groups is 1. The summed E-state index contributed by atoms with van der Waals surface area (Å²) >= 11 is 0. The van der Waals surface area contributed by atoms with E-state index in [4.69, 9.17) is 9.47 Å². The molecule has 0 aromatic carbocycles. The third kappa shape index (κ3) is 53.2. The number of carbonyl (C=O) groups is 2. The Labute approximate surface area is 408 Å². The molecule has 0 bridgehead atoms. The second-order valence-corrected chi connectivity index (χ2v) is 17.9. The first-order valence-corrected chi connectivity index (χ1v) is 27.4. The van der Waals surface area contributed by atoms with Crippen LogP contribution in [0.25, 0.3) is 0 Å². The van der Waals surface area contributed by atoms with E-state index >= 15 is 0 Å². The van der Waals surface area contributed by atoms with Crippen molar-refractivity contribution in [1.82, 2.24) is 0 Å². The summed E-state index contributed by atoms with van der Waals surface area (Å²) in [7, 11) is 0. The molecule has 0 aromatic heterocycles. The van der Waals surface area contributed by atoms with Crippen LogP contribution in [0, 0.1) is 0 Å². The Morgan fingerprint density at radius 2 is 0.621 bits per heavy atom. The molecule has 0 aliphatic rings. The number of esters is 2. The monoisotopic (exact) mass is 915 g/mol. The minimum absolute atomic E-state index is 0.0916. The van der Waals surface area contributed by atoms with Crippen molar-refractivity contribution in [1.29, 1.82) is 0 Å². The van der Waals surface area contributed by atoms with Crippen molar-refractivity contribution >= 4 is 11.9 Å². The van der Waals surface area contributed by atoms with Crippen molar-refractivity contribution < 1.29 is 24.2 Å². The molecule has 0 aliphatic heterocycles. The predicted molar refractivity (Wildman–Crippen MR) is 288 cm³/mol. The first kappa shape index (κ1) is 62.6. The van der Waals surface area contributed by atoms with E-state index < -0.39 is 6.10 Å². The molecule has 0 rings (SSSR count). The van der Waals surface area contributed by atoms with E-state index in [1.807, 2.05) is 0 Å². The summed E-state index contributed by atoms with van der Waals surface area (Å²) in [5, 5.41) is 9.62. The van der Waals surface area contributed by atoms with Crippen LogP contribution in [0.5, 0.6) is 0 Å². The molecule has 0 heterocycles. The Balaban J connectivity index is 3.48. The summed E-state index contributed by atoms with van der Waals surface area (Å²) in [6.45, 7) is 3.87. The molecule has 0 saturated heterocycles. The number of hydrogen-bond acceptors (Lipinski definition) is 5. The van der Waals surface area contributed by atoms with Gasteiger partial charge in [-0.1, -0.05) is 252 Å². The standard InChI is InChI=1S/C61H102O5/c1-3-5-7-9-11-13-15-17-19-21-22-23-24-25-26-27-28-29-30-31-32-33-34-35-36-37-38-40-41-43-45-47-49-51-53-55-60(63)65-58-59(57-62)66-61(64)56-54-52-50-48-46-44-42-39-20-18-16-14-12-10-8-6-4-2/h5-8,11-14,17-20,22-23,42,44,48,50,59,62H,3-4,9-10,15-16,21,24-41,43,45-47,49,51-58H2,1-2H3/b7-5-,8-6-,13-11-,14-12-,19-17-,20-18-,23-22-,44-42-,50-48-. The number of carbonyl (C=O) groups excluding carboxylic acids is 2. The third-order valence-corrected chi connectivity index (χ3v) is 11.6. The Kier molecular flexibility index (Phi) is 53.0. The van der Waals surface area contributed by atoms with E-state index in [1.165, 1.54) is 128 Å². The van der Waals surface area contributed by atoms with E-state index in [9.17, 15) is 14.7 Å². The fraction of sp³-hybridized carbons (Fsp3) is 0.672. The molecule has 66 heavy (non-hydrogen) atoms. The number of allylic oxidation sites excluding steroid dienone is 18. The average Bonchev–Trinajstić information content (AvgIpc) is 3.32. The Bertz CT molecular complexity index is 1310. The topological polar surface area (TPSA) is 72.8 Å². The highest BCUT2D eigenvalue weighted by molar-refractivity contribution is 5.70. The van der Waals surface area contributed by atoms with Crippen molar-refractivity contribution in [3.05, 3.63) is 109 Å². The fourth-order valence-electron chi connectivity index (χ4n) is 7.52. The van der Waals surface area contributed by atoms with Gasteiger partial charge in [0, 0.05) is 12.8 Å². The van der Waals surface area contributed by atoms with Crippen LogP contribution in [0.2, 0.25) is 0 Å². The molecule has 1 atom stereocenters. The molecule has 0 aromatic rings. The Hall–Kier alpha value is -3.44. The lowest BCUT2D eigenvalue weighted by atomic mass is 10.0. The van der Waals surface area contributed by atoms with Gasteiger partial charge in [0.05, 0.1) is 6.61 Å². The quantitative estimate of drug-likeness (QED) is 0.0374. The highest BCUT2D eigenvalue weighted by Crippen LogP contribution is 2.16. The Morgan fingerprint density at radius 1 is 0.348 bits per heavy atom. The summed E-state index contributed by atoms with van der Waals surface area (Å²) < 4.78 is 10.6. The zero-order chi connectivity index (χ0) is 47.7. The number of aliphatic hydroxyl groups excluding tert-OH is 1. The summed E-state index contributed by atoms with van der Waals surface area (Å²) in [5.41, 5.74) is 0. The zero-order valence-corrected chi connectivity index (χ0v) is 42.9. The highest BCUT2D eigenvalue weighted by atomic mass is 16.6. The van der Waals surface area contributed by atoms with Gasteiger partial charge >= 0.3 is 11.9 Å². The summed E-state index contributed by atoms with van der Waals surface area (Å²) in [5.74, 6) is -0.657. The fourth-order valence-corrected chi connectivity index (χ4v) is 7.52. The van der Waals surface area contributed by atoms with E-state index in [1.54, 1.807) is 0 Å². The molecule has 0 saturated carbocycles. The number of hydrogen-bond donors (Lipinski definition) is 1. The predicted octanol–water partition coefficient (Wildman–Crippen LogP) is 18.5. The Morgan fingerprint density at radius 3 is 0.955 bits per heavy atom. The van der Waals surface area contributed by atoms with Crippen LogP contribution in [0.1, 0.15) is 245 Å². The van der Waals surface area contributed by atoms with Crippen molar-refractivity contribution in [3.63, 3.8) is 0 Å². The molecule has 0 amide bonds. The first-order valence-electron chi connectivity index (χ1n) is 27.4.